The van der Waals surface area contributed by atoms with Gasteiger partial charge in [-0.1, -0.05) is 35.5 Å². The van der Waals surface area contributed by atoms with Crippen molar-refractivity contribution >= 4 is 5.91 Å². The van der Waals surface area contributed by atoms with Crippen molar-refractivity contribution in [2.24, 2.45) is 0 Å². The zero-order valence-electron chi connectivity index (χ0n) is 9.43. The number of amides is 1. The molecule has 0 radical (unpaired) electrons. The fourth-order valence-corrected chi connectivity index (χ4v) is 2.20. The van der Waals surface area contributed by atoms with Gasteiger partial charge in [0.2, 0.25) is 0 Å². The SMILES string of the molecule is Cc1onc2c1C(=O)N[C@H]2Cc1ccccc1. The molecule has 0 bridgehead atoms. The van der Waals surface area contributed by atoms with Gasteiger partial charge in [0.25, 0.3) is 5.91 Å². The molecule has 1 N–H and O–H groups in total. The van der Waals surface area contributed by atoms with E-state index in [1.54, 1.807) is 6.92 Å². The van der Waals surface area contributed by atoms with Crippen molar-refractivity contribution in [3.63, 3.8) is 0 Å². The number of rotatable bonds is 2. The summed E-state index contributed by atoms with van der Waals surface area (Å²) < 4.78 is 5.06. The van der Waals surface area contributed by atoms with Gasteiger partial charge < -0.3 is 9.84 Å². The first-order valence-electron chi connectivity index (χ1n) is 5.56. The van der Waals surface area contributed by atoms with Crippen molar-refractivity contribution in [3.05, 3.63) is 52.9 Å². The van der Waals surface area contributed by atoms with Gasteiger partial charge in [0, 0.05) is 0 Å². The highest BCUT2D eigenvalue weighted by Crippen LogP contribution is 2.29. The molecule has 1 aromatic heterocycles. The molecule has 0 aliphatic carbocycles. The molecule has 86 valence electrons. The molecular weight excluding hydrogens is 216 g/mol. The number of hydrogen-bond donors (Lipinski definition) is 1. The second-order valence-electron chi connectivity index (χ2n) is 4.21. The van der Waals surface area contributed by atoms with Crippen molar-refractivity contribution in [1.29, 1.82) is 0 Å². The van der Waals surface area contributed by atoms with Gasteiger partial charge in [0.05, 0.1) is 6.04 Å². The summed E-state index contributed by atoms with van der Waals surface area (Å²) in [5, 5.41) is 6.89. The molecule has 0 spiro atoms. The lowest BCUT2D eigenvalue weighted by molar-refractivity contribution is 0.0952. The van der Waals surface area contributed by atoms with Crippen LogP contribution in [0, 0.1) is 6.92 Å². The molecule has 1 amide bonds. The van der Waals surface area contributed by atoms with E-state index in [2.05, 4.69) is 10.5 Å². The lowest BCUT2D eigenvalue weighted by atomic mass is 10.0. The van der Waals surface area contributed by atoms with Gasteiger partial charge in [-0.15, -0.1) is 0 Å². The summed E-state index contributed by atoms with van der Waals surface area (Å²) in [5.41, 5.74) is 2.51. The molecule has 0 fully saturated rings. The number of aryl methyl sites for hydroxylation is 1. The van der Waals surface area contributed by atoms with E-state index in [1.165, 1.54) is 5.56 Å². The van der Waals surface area contributed by atoms with Gasteiger partial charge in [0.15, 0.2) is 0 Å². The maximum absolute atomic E-state index is 11.7. The maximum atomic E-state index is 11.7. The Bertz CT molecular complexity index is 560. The zero-order chi connectivity index (χ0) is 11.8. The van der Waals surface area contributed by atoms with Gasteiger partial charge in [-0.2, -0.15) is 0 Å². The zero-order valence-corrected chi connectivity index (χ0v) is 9.43. The molecule has 2 aromatic rings. The van der Waals surface area contributed by atoms with E-state index in [9.17, 15) is 4.79 Å². The number of nitrogens with zero attached hydrogens (tertiary/aromatic N) is 1. The summed E-state index contributed by atoms with van der Waals surface area (Å²) in [6.07, 6.45) is 0.742. The van der Waals surface area contributed by atoms with Crippen LogP contribution in [0.4, 0.5) is 0 Å². The lowest BCUT2D eigenvalue weighted by Crippen LogP contribution is -2.21. The average molecular weight is 228 g/mol. The normalized spacial score (nSPS) is 17.9. The minimum atomic E-state index is -0.0836. The van der Waals surface area contributed by atoms with Gasteiger partial charge in [0.1, 0.15) is 17.0 Å². The number of benzene rings is 1. The second kappa shape index (κ2) is 3.73. The Labute approximate surface area is 98.6 Å². The van der Waals surface area contributed by atoms with Crippen LogP contribution in [-0.4, -0.2) is 11.1 Å². The Morgan fingerprint density at radius 3 is 2.88 bits per heavy atom. The third kappa shape index (κ3) is 1.62. The van der Waals surface area contributed by atoms with E-state index in [1.807, 2.05) is 30.3 Å². The van der Waals surface area contributed by atoms with Gasteiger partial charge >= 0.3 is 0 Å². The topological polar surface area (TPSA) is 55.1 Å². The van der Waals surface area contributed by atoms with Crippen LogP contribution in [0.1, 0.15) is 33.4 Å². The molecule has 17 heavy (non-hydrogen) atoms. The average Bonchev–Trinajstić information content (AvgIpc) is 2.84. The molecule has 0 saturated heterocycles. The Morgan fingerprint density at radius 2 is 2.12 bits per heavy atom. The largest absolute Gasteiger partial charge is 0.360 e. The Kier molecular flexibility index (Phi) is 2.21. The predicted molar refractivity (Wildman–Crippen MR) is 61.6 cm³/mol. The van der Waals surface area contributed by atoms with Crippen LogP contribution in [-0.2, 0) is 6.42 Å². The first-order chi connectivity index (χ1) is 8.25. The Balaban J connectivity index is 1.90. The van der Waals surface area contributed by atoms with Crippen molar-refractivity contribution in [3.8, 4) is 0 Å². The van der Waals surface area contributed by atoms with Crippen molar-refractivity contribution < 1.29 is 9.32 Å². The van der Waals surface area contributed by atoms with Crippen LogP contribution in [0.3, 0.4) is 0 Å². The summed E-state index contributed by atoms with van der Waals surface area (Å²) in [6.45, 7) is 1.76. The van der Waals surface area contributed by atoms with E-state index in [0.29, 0.717) is 11.3 Å². The summed E-state index contributed by atoms with van der Waals surface area (Å²) in [7, 11) is 0. The van der Waals surface area contributed by atoms with E-state index in [0.717, 1.165) is 12.1 Å². The molecule has 2 heterocycles. The molecule has 1 aliphatic heterocycles. The van der Waals surface area contributed by atoms with Crippen molar-refractivity contribution in [2.75, 3.05) is 0 Å². The second-order valence-corrected chi connectivity index (χ2v) is 4.21. The first kappa shape index (κ1) is 10.1. The van der Waals surface area contributed by atoms with Crippen LogP contribution in [0.25, 0.3) is 0 Å². The number of nitrogens with one attached hydrogen (secondary N) is 1. The summed E-state index contributed by atoms with van der Waals surface area (Å²) in [4.78, 5) is 11.7. The van der Waals surface area contributed by atoms with E-state index in [4.69, 9.17) is 4.52 Å². The van der Waals surface area contributed by atoms with E-state index < -0.39 is 0 Å². The fraction of sp³-hybridized carbons (Fsp3) is 0.231. The lowest BCUT2D eigenvalue weighted by Gasteiger charge is -2.09. The number of carbonyl (C=O) groups excluding carboxylic acids is 1. The highest BCUT2D eigenvalue weighted by atomic mass is 16.5. The predicted octanol–water partition coefficient (Wildman–Crippen LogP) is 2.01. The molecule has 1 aliphatic rings. The molecule has 0 unspecified atom stereocenters. The van der Waals surface area contributed by atoms with Crippen LogP contribution in [0.2, 0.25) is 0 Å². The molecule has 4 heteroatoms. The minimum absolute atomic E-state index is 0.0719. The van der Waals surface area contributed by atoms with Crippen LogP contribution in [0.5, 0.6) is 0 Å². The molecule has 0 saturated carbocycles. The third-order valence-corrected chi connectivity index (χ3v) is 3.03. The Morgan fingerprint density at radius 1 is 1.35 bits per heavy atom. The monoisotopic (exact) mass is 228 g/mol. The third-order valence-electron chi connectivity index (χ3n) is 3.03. The summed E-state index contributed by atoms with van der Waals surface area (Å²) in [5.74, 6) is 0.507. The van der Waals surface area contributed by atoms with Crippen LogP contribution in [0.15, 0.2) is 34.9 Å². The summed E-state index contributed by atoms with van der Waals surface area (Å²) in [6, 6.07) is 9.95. The Hall–Kier alpha value is -2.10. The molecule has 3 rings (SSSR count). The number of hydrogen-bond acceptors (Lipinski definition) is 3. The van der Waals surface area contributed by atoms with Gasteiger partial charge in [-0.05, 0) is 18.9 Å². The fourth-order valence-electron chi connectivity index (χ4n) is 2.20. The number of aromatic nitrogens is 1. The first-order valence-corrected chi connectivity index (χ1v) is 5.56. The van der Waals surface area contributed by atoms with Crippen LogP contribution >= 0.6 is 0 Å². The number of fused-ring (bicyclic) bond motifs is 1. The van der Waals surface area contributed by atoms with Gasteiger partial charge in [-0.3, -0.25) is 4.79 Å². The van der Waals surface area contributed by atoms with E-state index >= 15 is 0 Å². The van der Waals surface area contributed by atoms with Crippen molar-refractivity contribution in [2.45, 2.75) is 19.4 Å². The maximum Gasteiger partial charge on any atom is 0.257 e. The molecule has 1 aromatic carbocycles. The molecule has 4 nitrogen and oxygen atoms in total. The van der Waals surface area contributed by atoms with Crippen LogP contribution < -0.4 is 5.32 Å². The molecular formula is C13H12N2O2. The highest BCUT2D eigenvalue weighted by Gasteiger charge is 2.34. The molecule has 1 atom stereocenters. The summed E-state index contributed by atoms with van der Waals surface area (Å²) >= 11 is 0. The standard InChI is InChI=1S/C13H12N2O2/c1-8-11-12(15-17-8)10(14-13(11)16)7-9-5-3-2-4-6-9/h2-6,10H,7H2,1H3,(H,14,16)/t10-/m0/s1. The highest BCUT2D eigenvalue weighted by molar-refractivity contribution is 5.99. The smallest absolute Gasteiger partial charge is 0.257 e. The van der Waals surface area contributed by atoms with Crippen molar-refractivity contribution in [1.82, 2.24) is 10.5 Å². The minimum Gasteiger partial charge on any atom is -0.360 e. The van der Waals surface area contributed by atoms with Gasteiger partial charge in [-0.25, -0.2) is 0 Å². The number of carbonyl (C=O) groups is 1. The van der Waals surface area contributed by atoms with E-state index in [-0.39, 0.29) is 11.9 Å². The quantitative estimate of drug-likeness (QED) is 0.855.